The molecule has 136 valence electrons. The molecule has 1 aromatic rings. The molecule has 1 N–H and O–H groups in total. The molecular weight excluding hydrogens is 320 g/mol. The maximum atomic E-state index is 12.9. The van der Waals surface area contributed by atoms with Crippen molar-refractivity contribution < 1.29 is 19.1 Å². The van der Waals surface area contributed by atoms with E-state index in [1.54, 1.807) is 11.0 Å². The second-order valence-electron chi connectivity index (χ2n) is 6.28. The van der Waals surface area contributed by atoms with Crippen LogP contribution in [0.15, 0.2) is 36.0 Å². The van der Waals surface area contributed by atoms with Crippen LogP contribution in [-0.4, -0.2) is 55.2 Å². The Hall–Kier alpha value is -2.18. The van der Waals surface area contributed by atoms with Gasteiger partial charge in [-0.3, -0.25) is 9.59 Å². The van der Waals surface area contributed by atoms with Crippen molar-refractivity contribution >= 4 is 17.9 Å². The Labute approximate surface area is 148 Å². The van der Waals surface area contributed by atoms with Gasteiger partial charge in [-0.15, -0.1) is 0 Å². The highest BCUT2D eigenvalue weighted by atomic mass is 16.5. The van der Waals surface area contributed by atoms with Gasteiger partial charge in [-0.05, 0) is 25.5 Å². The monoisotopic (exact) mass is 346 g/mol. The molecule has 0 saturated carbocycles. The first-order valence-corrected chi connectivity index (χ1v) is 8.52. The highest BCUT2D eigenvalue weighted by Crippen LogP contribution is 2.12. The van der Waals surface area contributed by atoms with Gasteiger partial charge in [0.15, 0.2) is 0 Å². The normalized spacial score (nSPS) is 18.3. The van der Waals surface area contributed by atoms with Gasteiger partial charge >= 0.3 is 0 Å². The van der Waals surface area contributed by atoms with Gasteiger partial charge in [0.25, 0.3) is 5.91 Å². The van der Waals surface area contributed by atoms with Crippen molar-refractivity contribution in [2.24, 2.45) is 0 Å². The molecule has 0 spiro atoms. The molecule has 1 saturated heterocycles. The third kappa shape index (κ3) is 6.32. The molecule has 6 heteroatoms. The zero-order valence-electron chi connectivity index (χ0n) is 15.0. The summed E-state index contributed by atoms with van der Waals surface area (Å²) in [6.45, 7) is 7.15. The summed E-state index contributed by atoms with van der Waals surface area (Å²) in [7, 11) is 0. The van der Waals surface area contributed by atoms with E-state index in [9.17, 15) is 9.59 Å². The molecule has 2 rings (SSSR count). The van der Waals surface area contributed by atoms with Crippen LogP contribution in [0.25, 0.3) is 6.08 Å². The number of carbonyl (C=O) groups is 2. The number of nitrogens with zero attached hydrogens (tertiary/aromatic N) is 1. The minimum absolute atomic E-state index is 0.114. The van der Waals surface area contributed by atoms with Crippen LogP contribution in [0.5, 0.6) is 0 Å². The summed E-state index contributed by atoms with van der Waals surface area (Å²) >= 11 is 0. The van der Waals surface area contributed by atoms with Gasteiger partial charge < -0.3 is 19.7 Å². The molecule has 0 bridgehead atoms. The fraction of sp³-hybridized carbons (Fsp3) is 0.474. The standard InChI is InChI=1S/C19H26N2O4/c1-14(2)25-13-17-12-21(9-10-24-17)19(23)18(20-15(3)22)11-16-7-5-4-6-8-16/h4-8,11,14,17H,9-10,12-13H2,1-3H3,(H,20,22). The number of ether oxygens (including phenoxy) is 2. The Morgan fingerprint density at radius 3 is 2.72 bits per heavy atom. The van der Waals surface area contributed by atoms with Crippen LogP contribution in [0.4, 0.5) is 0 Å². The van der Waals surface area contributed by atoms with Crippen LogP contribution in [0, 0.1) is 0 Å². The molecule has 0 aliphatic carbocycles. The van der Waals surface area contributed by atoms with Crippen molar-refractivity contribution in [3.63, 3.8) is 0 Å². The lowest BCUT2D eigenvalue weighted by Gasteiger charge is -2.33. The van der Waals surface area contributed by atoms with E-state index in [0.29, 0.717) is 26.3 Å². The molecule has 1 aliphatic heterocycles. The Bertz CT molecular complexity index is 613. The van der Waals surface area contributed by atoms with Crippen molar-refractivity contribution in [1.82, 2.24) is 10.2 Å². The number of rotatable bonds is 6. The van der Waals surface area contributed by atoms with E-state index in [4.69, 9.17) is 9.47 Å². The first-order valence-electron chi connectivity index (χ1n) is 8.52. The highest BCUT2D eigenvalue weighted by Gasteiger charge is 2.27. The zero-order valence-corrected chi connectivity index (χ0v) is 15.0. The molecule has 1 aliphatic rings. The SMILES string of the molecule is CC(=O)NC(=Cc1ccccc1)C(=O)N1CCOC(COC(C)C)C1. The van der Waals surface area contributed by atoms with Gasteiger partial charge in [-0.25, -0.2) is 0 Å². The number of hydrogen-bond acceptors (Lipinski definition) is 4. The van der Waals surface area contributed by atoms with Crippen LogP contribution < -0.4 is 5.32 Å². The van der Waals surface area contributed by atoms with Crippen LogP contribution in [0.1, 0.15) is 26.3 Å². The van der Waals surface area contributed by atoms with E-state index >= 15 is 0 Å². The van der Waals surface area contributed by atoms with E-state index in [0.717, 1.165) is 5.56 Å². The number of amides is 2. The second-order valence-corrected chi connectivity index (χ2v) is 6.28. The highest BCUT2D eigenvalue weighted by molar-refractivity contribution is 6.01. The number of hydrogen-bond donors (Lipinski definition) is 1. The van der Waals surface area contributed by atoms with Crippen molar-refractivity contribution in [3.05, 3.63) is 41.6 Å². The molecule has 1 fully saturated rings. The lowest BCUT2D eigenvalue weighted by molar-refractivity contribution is -0.139. The van der Waals surface area contributed by atoms with Crippen molar-refractivity contribution in [3.8, 4) is 0 Å². The number of morpholine rings is 1. The Kier molecular flexibility index (Phi) is 7.16. The van der Waals surface area contributed by atoms with Crippen LogP contribution in [0.3, 0.4) is 0 Å². The number of benzene rings is 1. The predicted molar refractivity (Wildman–Crippen MR) is 95.6 cm³/mol. The predicted octanol–water partition coefficient (Wildman–Crippen LogP) is 1.82. The third-order valence-corrected chi connectivity index (χ3v) is 3.69. The Morgan fingerprint density at radius 1 is 1.36 bits per heavy atom. The van der Waals surface area contributed by atoms with E-state index < -0.39 is 0 Å². The fourth-order valence-electron chi connectivity index (χ4n) is 2.53. The topological polar surface area (TPSA) is 67.9 Å². The van der Waals surface area contributed by atoms with Crippen LogP contribution >= 0.6 is 0 Å². The third-order valence-electron chi connectivity index (χ3n) is 3.69. The van der Waals surface area contributed by atoms with Gasteiger partial charge in [-0.2, -0.15) is 0 Å². The molecule has 1 atom stereocenters. The second kappa shape index (κ2) is 9.34. The average Bonchev–Trinajstić information content (AvgIpc) is 2.59. The molecule has 1 aromatic carbocycles. The molecule has 6 nitrogen and oxygen atoms in total. The maximum absolute atomic E-state index is 12.9. The largest absolute Gasteiger partial charge is 0.376 e. The van der Waals surface area contributed by atoms with Crippen LogP contribution in [0.2, 0.25) is 0 Å². The number of carbonyl (C=O) groups excluding carboxylic acids is 2. The van der Waals surface area contributed by atoms with Crippen molar-refractivity contribution in [2.45, 2.75) is 33.0 Å². The first kappa shape index (κ1) is 19.1. The molecule has 2 amide bonds. The zero-order chi connectivity index (χ0) is 18.2. The van der Waals surface area contributed by atoms with E-state index in [2.05, 4.69) is 5.32 Å². The Balaban J connectivity index is 2.10. The molecule has 0 radical (unpaired) electrons. The van der Waals surface area contributed by atoms with Crippen LogP contribution in [-0.2, 0) is 19.1 Å². The summed E-state index contributed by atoms with van der Waals surface area (Å²) in [6.07, 6.45) is 1.65. The van der Waals surface area contributed by atoms with Gasteiger partial charge in [0, 0.05) is 20.0 Å². The average molecular weight is 346 g/mol. The lowest BCUT2D eigenvalue weighted by Crippen LogP contribution is -2.49. The smallest absolute Gasteiger partial charge is 0.270 e. The van der Waals surface area contributed by atoms with Crippen molar-refractivity contribution in [1.29, 1.82) is 0 Å². The fourth-order valence-corrected chi connectivity index (χ4v) is 2.53. The van der Waals surface area contributed by atoms with E-state index in [1.165, 1.54) is 6.92 Å². The van der Waals surface area contributed by atoms with Gasteiger partial charge in [0.05, 0.1) is 25.4 Å². The van der Waals surface area contributed by atoms with Gasteiger partial charge in [0.2, 0.25) is 5.91 Å². The molecule has 0 aromatic heterocycles. The van der Waals surface area contributed by atoms with E-state index in [1.807, 2.05) is 44.2 Å². The summed E-state index contributed by atoms with van der Waals surface area (Å²) in [5, 5.41) is 2.65. The van der Waals surface area contributed by atoms with E-state index in [-0.39, 0.29) is 29.7 Å². The first-order chi connectivity index (χ1) is 12.0. The lowest BCUT2D eigenvalue weighted by atomic mass is 10.1. The molecule has 1 unspecified atom stereocenters. The summed E-state index contributed by atoms with van der Waals surface area (Å²) in [5.74, 6) is -0.486. The molecule has 1 heterocycles. The molecule has 25 heavy (non-hydrogen) atoms. The van der Waals surface area contributed by atoms with Gasteiger partial charge in [0.1, 0.15) is 5.70 Å². The summed E-state index contributed by atoms with van der Waals surface area (Å²) in [5.41, 5.74) is 1.12. The van der Waals surface area contributed by atoms with Gasteiger partial charge in [-0.1, -0.05) is 30.3 Å². The molecular formula is C19H26N2O4. The minimum atomic E-state index is -0.275. The maximum Gasteiger partial charge on any atom is 0.270 e. The quantitative estimate of drug-likeness (QED) is 0.798. The Morgan fingerprint density at radius 2 is 2.08 bits per heavy atom. The van der Waals surface area contributed by atoms with Crippen molar-refractivity contribution in [2.75, 3.05) is 26.3 Å². The summed E-state index contributed by atoms with van der Waals surface area (Å²) < 4.78 is 11.2. The number of nitrogens with one attached hydrogen (secondary N) is 1. The summed E-state index contributed by atoms with van der Waals surface area (Å²) in [6, 6.07) is 9.44. The summed E-state index contributed by atoms with van der Waals surface area (Å²) in [4.78, 5) is 26.1. The minimum Gasteiger partial charge on any atom is -0.376 e.